The molecule has 0 atom stereocenters. The highest BCUT2D eigenvalue weighted by Crippen LogP contribution is 2.23. The molecule has 140 valence electrons. The fraction of sp³-hybridized carbons (Fsp3) is 0.364. The second kappa shape index (κ2) is 7.43. The van der Waals surface area contributed by atoms with Gasteiger partial charge >= 0.3 is 0 Å². The van der Waals surface area contributed by atoms with Crippen LogP contribution in [0.4, 0.5) is 11.4 Å². The van der Waals surface area contributed by atoms with Crippen LogP contribution >= 0.6 is 0 Å². The number of fused-ring (bicyclic) bond motifs is 1. The summed E-state index contributed by atoms with van der Waals surface area (Å²) in [7, 11) is 0. The molecule has 5 nitrogen and oxygen atoms in total. The number of anilines is 2. The van der Waals surface area contributed by atoms with E-state index < -0.39 is 0 Å². The van der Waals surface area contributed by atoms with Crippen molar-refractivity contribution in [2.45, 2.75) is 39.5 Å². The van der Waals surface area contributed by atoms with Crippen LogP contribution in [0.1, 0.15) is 47.9 Å². The van der Waals surface area contributed by atoms with Crippen molar-refractivity contribution < 1.29 is 4.79 Å². The van der Waals surface area contributed by atoms with Crippen LogP contribution < -0.4 is 10.2 Å². The van der Waals surface area contributed by atoms with E-state index in [2.05, 4.69) is 34.3 Å². The van der Waals surface area contributed by atoms with Gasteiger partial charge in [-0.3, -0.25) is 9.20 Å². The van der Waals surface area contributed by atoms with Crippen LogP contribution in [-0.4, -0.2) is 28.4 Å². The van der Waals surface area contributed by atoms with Crippen LogP contribution in [0.3, 0.4) is 0 Å². The van der Waals surface area contributed by atoms with Crippen LogP contribution in [0.15, 0.2) is 42.6 Å². The maximum atomic E-state index is 13.1. The largest absolute Gasteiger partial charge is 0.372 e. The summed E-state index contributed by atoms with van der Waals surface area (Å²) in [6, 6.07) is 12.1. The van der Waals surface area contributed by atoms with E-state index in [1.165, 1.54) is 18.5 Å². The van der Waals surface area contributed by atoms with Crippen LogP contribution in [0.25, 0.3) is 5.65 Å². The second-order valence-corrected chi connectivity index (χ2v) is 7.29. The highest BCUT2D eigenvalue weighted by Gasteiger charge is 2.19. The lowest BCUT2D eigenvalue weighted by atomic mass is 10.2. The summed E-state index contributed by atoms with van der Waals surface area (Å²) in [4.78, 5) is 20.1. The van der Waals surface area contributed by atoms with E-state index in [9.17, 15) is 4.79 Å². The summed E-state index contributed by atoms with van der Waals surface area (Å²) in [5.74, 6) is -0.106. The number of rotatable bonds is 5. The Bertz CT molecular complexity index is 952. The average Bonchev–Trinajstić information content (AvgIpc) is 3.30. The fourth-order valence-corrected chi connectivity index (χ4v) is 3.77. The van der Waals surface area contributed by atoms with E-state index in [0.717, 1.165) is 48.5 Å². The minimum Gasteiger partial charge on any atom is -0.372 e. The number of imidazole rings is 1. The number of carbonyl (C=O) groups is 1. The van der Waals surface area contributed by atoms with Crippen molar-refractivity contribution in [3.8, 4) is 0 Å². The Balaban J connectivity index is 1.60. The van der Waals surface area contributed by atoms with Crippen molar-refractivity contribution in [3.05, 3.63) is 59.5 Å². The van der Waals surface area contributed by atoms with E-state index in [1.54, 1.807) is 0 Å². The third kappa shape index (κ3) is 3.54. The Labute approximate surface area is 160 Å². The number of pyridine rings is 1. The van der Waals surface area contributed by atoms with Crippen molar-refractivity contribution >= 4 is 22.9 Å². The first-order valence-corrected chi connectivity index (χ1v) is 9.79. The maximum Gasteiger partial charge on any atom is 0.274 e. The first kappa shape index (κ1) is 17.6. The molecule has 4 rings (SSSR count). The van der Waals surface area contributed by atoms with Crippen molar-refractivity contribution in [1.29, 1.82) is 0 Å². The highest BCUT2D eigenvalue weighted by atomic mass is 16.2. The molecule has 1 amide bonds. The van der Waals surface area contributed by atoms with Gasteiger partial charge in [-0.25, -0.2) is 4.98 Å². The Hall–Kier alpha value is -2.82. The summed E-state index contributed by atoms with van der Waals surface area (Å²) in [6.07, 6.45) is 6.23. The van der Waals surface area contributed by atoms with Gasteiger partial charge in [0.25, 0.3) is 5.91 Å². The zero-order valence-corrected chi connectivity index (χ0v) is 16.0. The summed E-state index contributed by atoms with van der Waals surface area (Å²) in [5.41, 5.74) is 5.45. The molecule has 1 aliphatic heterocycles. The van der Waals surface area contributed by atoms with Gasteiger partial charge in [0, 0.05) is 30.7 Å². The average molecular weight is 362 g/mol. The number of hydrogen-bond acceptors (Lipinski definition) is 3. The quantitative estimate of drug-likeness (QED) is 0.730. The molecule has 1 aliphatic rings. The second-order valence-electron chi connectivity index (χ2n) is 7.29. The molecular weight excluding hydrogens is 336 g/mol. The number of nitrogens with one attached hydrogen (secondary N) is 1. The Morgan fingerprint density at radius 3 is 2.56 bits per heavy atom. The predicted molar refractivity (Wildman–Crippen MR) is 110 cm³/mol. The van der Waals surface area contributed by atoms with Gasteiger partial charge in [0.1, 0.15) is 11.3 Å². The lowest BCUT2D eigenvalue weighted by molar-refractivity contribution is 0.102. The van der Waals surface area contributed by atoms with E-state index in [1.807, 2.05) is 41.8 Å². The van der Waals surface area contributed by atoms with Crippen molar-refractivity contribution in [2.24, 2.45) is 0 Å². The zero-order chi connectivity index (χ0) is 18.8. The minimum absolute atomic E-state index is 0.106. The molecule has 0 saturated carbocycles. The molecule has 2 aromatic heterocycles. The summed E-state index contributed by atoms with van der Waals surface area (Å²) >= 11 is 0. The lowest BCUT2D eigenvalue weighted by Gasteiger charge is -2.17. The highest BCUT2D eigenvalue weighted by molar-refractivity contribution is 6.04. The fourth-order valence-electron chi connectivity index (χ4n) is 3.77. The Kier molecular flexibility index (Phi) is 4.84. The molecular formula is C22H26N4O. The number of benzene rings is 1. The lowest BCUT2D eigenvalue weighted by Crippen LogP contribution is -2.18. The number of aromatic nitrogens is 2. The standard InChI is InChI=1S/C22H26N4O/c1-3-6-19-21(26-15-16(2)7-12-20(26)24-19)22(27)23-17-8-10-18(11-9-17)25-13-4-5-14-25/h7-12,15H,3-6,13-14H2,1-2H3,(H,23,27). The van der Waals surface area contributed by atoms with Gasteiger partial charge in [-0.05, 0) is 62.1 Å². The van der Waals surface area contributed by atoms with Gasteiger partial charge in [0.05, 0.1) is 5.69 Å². The van der Waals surface area contributed by atoms with Crippen molar-refractivity contribution in [2.75, 3.05) is 23.3 Å². The van der Waals surface area contributed by atoms with E-state index in [0.29, 0.717) is 5.69 Å². The number of aryl methyl sites for hydroxylation is 2. The van der Waals surface area contributed by atoms with Crippen LogP contribution in [0, 0.1) is 6.92 Å². The molecule has 0 unspecified atom stereocenters. The third-order valence-corrected chi connectivity index (χ3v) is 5.14. The molecule has 3 aromatic rings. The summed E-state index contributed by atoms with van der Waals surface area (Å²) in [6.45, 7) is 6.37. The molecule has 1 fully saturated rings. The minimum atomic E-state index is -0.106. The van der Waals surface area contributed by atoms with Crippen molar-refractivity contribution in [1.82, 2.24) is 9.38 Å². The first-order chi connectivity index (χ1) is 13.2. The summed E-state index contributed by atoms with van der Waals surface area (Å²) < 4.78 is 1.91. The topological polar surface area (TPSA) is 49.6 Å². The van der Waals surface area contributed by atoms with E-state index in [4.69, 9.17) is 0 Å². The normalized spacial score (nSPS) is 14.1. The molecule has 0 spiro atoms. The zero-order valence-electron chi connectivity index (χ0n) is 16.0. The molecule has 1 saturated heterocycles. The van der Waals surface area contributed by atoms with Gasteiger partial charge in [0.2, 0.25) is 0 Å². The van der Waals surface area contributed by atoms with Gasteiger partial charge in [-0.2, -0.15) is 0 Å². The molecule has 0 radical (unpaired) electrons. The number of nitrogens with zero attached hydrogens (tertiary/aromatic N) is 3. The van der Waals surface area contributed by atoms with Gasteiger partial charge < -0.3 is 10.2 Å². The monoisotopic (exact) mass is 362 g/mol. The number of amides is 1. The van der Waals surface area contributed by atoms with Crippen LogP contribution in [0.2, 0.25) is 0 Å². The maximum absolute atomic E-state index is 13.1. The Morgan fingerprint density at radius 1 is 1.11 bits per heavy atom. The van der Waals surface area contributed by atoms with Crippen LogP contribution in [-0.2, 0) is 6.42 Å². The van der Waals surface area contributed by atoms with Crippen LogP contribution in [0.5, 0.6) is 0 Å². The molecule has 1 N–H and O–H groups in total. The molecule has 1 aromatic carbocycles. The molecule has 5 heteroatoms. The first-order valence-electron chi connectivity index (χ1n) is 9.79. The summed E-state index contributed by atoms with van der Waals surface area (Å²) in [5, 5.41) is 3.05. The molecule has 0 bridgehead atoms. The van der Waals surface area contributed by atoms with Gasteiger partial charge in [-0.15, -0.1) is 0 Å². The molecule has 0 aliphatic carbocycles. The third-order valence-electron chi connectivity index (χ3n) is 5.14. The van der Waals surface area contributed by atoms with Gasteiger partial charge in [0.15, 0.2) is 0 Å². The molecule has 27 heavy (non-hydrogen) atoms. The molecule has 3 heterocycles. The Morgan fingerprint density at radius 2 is 1.85 bits per heavy atom. The smallest absolute Gasteiger partial charge is 0.274 e. The van der Waals surface area contributed by atoms with Gasteiger partial charge in [-0.1, -0.05) is 19.4 Å². The SMILES string of the molecule is CCCc1nc2ccc(C)cn2c1C(=O)Nc1ccc(N2CCCC2)cc1. The van der Waals surface area contributed by atoms with E-state index >= 15 is 0 Å². The van der Waals surface area contributed by atoms with E-state index in [-0.39, 0.29) is 5.91 Å². The number of carbonyl (C=O) groups excluding carboxylic acids is 1. The predicted octanol–water partition coefficient (Wildman–Crippen LogP) is 4.45. The number of hydrogen-bond donors (Lipinski definition) is 1. The van der Waals surface area contributed by atoms with Crippen molar-refractivity contribution in [3.63, 3.8) is 0 Å².